The average Bonchev–Trinajstić information content (AvgIpc) is 2.37. The van der Waals surface area contributed by atoms with E-state index in [0.29, 0.717) is 11.8 Å². The molecule has 2 nitrogen and oxygen atoms in total. The number of benzene rings is 1. The first-order valence-electron chi connectivity index (χ1n) is 6.73. The van der Waals surface area contributed by atoms with Crippen molar-refractivity contribution < 1.29 is 4.84 Å². The van der Waals surface area contributed by atoms with Crippen LogP contribution in [-0.2, 0) is 0 Å². The molecule has 0 spiro atoms. The summed E-state index contributed by atoms with van der Waals surface area (Å²) in [6.45, 7) is 0. The second kappa shape index (κ2) is 4.91. The van der Waals surface area contributed by atoms with E-state index in [0.717, 1.165) is 5.75 Å². The highest BCUT2D eigenvalue weighted by molar-refractivity contribution is 5.89. The Bertz CT molecular complexity index is 375. The fourth-order valence-corrected chi connectivity index (χ4v) is 3.17. The summed E-state index contributed by atoms with van der Waals surface area (Å²) in [5, 5.41) is 4.45. The monoisotopic (exact) mass is 229 g/mol. The SMILES string of the molecule is c1ccc(ON=C2C3CCCC2CCC3)cc1. The molecule has 2 heteroatoms. The molecule has 0 heterocycles. The van der Waals surface area contributed by atoms with Gasteiger partial charge in [-0.15, -0.1) is 0 Å². The Balaban J connectivity index is 1.74. The summed E-state index contributed by atoms with van der Waals surface area (Å²) >= 11 is 0. The number of nitrogens with zero attached hydrogens (tertiary/aromatic N) is 1. The Labute approximate surface area is 103 Å². The molecule has 1 aromatic rings. The minimum Gasteiger partial charge on any atom is -0.357 e. The van der Waals surface area contributed by atoms with Gasteiger partial charge >= 0.3 is 0 Å². The highest BCUT2D eigenvalue weighted by Crippen LogP contribution is 2.37. The van der Waals surface area contributed by atoms with E-state index in [1.165, 1.54) is 44.2 Å². The fraction of sp³-hybridized carbons (Fsp3) is 0.533. The van der Waals surface area contributed by atoms with Gasteiger partial charge in [0.15, 0.2) is 5.75 Å². The minimum absolute atomic E-state index is 0.700. The first-order chi connectivity index (χ1) is 8.43. The quantitative estimate of drug-likeness (QED) is 0.702. The van der Waals surface area contributed by atoms with Crippen molar-refractivity contribution in [1.29, 1.82) is 0 Å². The van der Waals surface area contributed by atoms with Crippen LogP contribution in [0.1, 0.15) is 38.5 Å². The van der Waals surface area contributed by atoms with E-state index in [-0.39, 0.29) is 0 Å². The summed E-state index contributed by atoms with van der Waals surface area (Å²) < 4.78 is 0. The van der Waals surface area contributed by atoms with Gasteiger partial charge in [-0.2, -0.15) is 0 Å². The summed E-state index contributed by atoms with van der Waals surface area (Å²) in [7, 11) is 0. The van der Waals surface area contributed by atoms with Gasteiger partial charge in [0.25, 0.3) is 0 Å². The van der Waals surface area contributed by atoms with E-state index in [1.54, 1.807) is 0 Å². The van der Waals surface area contributed by atoms with Crippen molar-refractivity contribution in [2.24, 2.45) is 17.0 Å². The topological polar surface area (TPSA) is 21.6 Å². The molecule has 2 saturated carbocycles. The van der Waals surface area contributed by atoms with Crippen molar-refractivity contribution in [3.8, 4) is 5.75 Å². The van der Waals surface area contributed by atoms with Crippen LogP contribution in [0.25, 0.3) is 0 Å². The van der Waals surface area contributed by atoms with Gasteiger partial charge in [0.1, 0.15) is 0 Å². The molecule has 1 aromatic carbocycles. The van der Waals surface area contributed by atoms with Gasteiger partial charge in [-0.05, 0) is 37.8 Å². The maximum Gasteiger partial charge on any atom is 0.157 e. The van der Waals surface area contributed by atoms with Crippen molar-refractivity contribution in [3.05, 3.63) is 30.3 Å². The molecule has 2 bridgehead atoms. The predicted octanol–water partition coefficient (Wildman–Crippen LogP) is 4.02. The smallest absolute Gasteiger partial charge is 0.157 e. The van der Waals surface area contributed by atoms with Gasteiger partial charge in [-0.3, -0.25) is 0 Å². The van der Waals surface area contributed by atoms with Crippen molar-refractivity contribution >= 4 is 5.71 Å². The van der Waals surface area contributed by atoms with Gasteiger partial charge in [0, 0.05) is 11.8 Å². The molecule has 0 atom stereocenters. The number of hydrogen-bond acceptors (Lipinski definition) is 2. The Morgan fingerprint density at radius 3 is 2.06 bits per heavy atom. The normalized spacial score (nSPS) is 27.6. The molecular weight excluding hydrogens is 210 g/mol. The van der Waals surface area contributed by atoms with Gasteiger partial charge in [0.2, 0.25) is 0 Å². The van der Waals surface area contributed by atoms with Crippen LogP contribution in [0.3, 0.4) is 0 Å². The van der Waals surface area contributed by atoms with Crippen LogP contribution in [0.15, 0.2) is 35.5 Å². The third-order valence-electron chi connectivity index (χ3n) is 4.05. The molecule has 3 rings (SSSR count). The molecule has 0 radical (unpaired) electrons. The Morgan fingerprint density at radius 2 is 1.47 bits per heavy atom. The molecule has 0 unspecified atom stereocenters. The number of oxime groups is 1. The molecule has 0 amide bonds. The van der Waals surface area contributed by atoms with E-state index in [9.17, 15) is 0 Å². The highest BCUT2D eigenvalue weighted by Gasteiger charge is 2.33. The van der Waals surface area contributed by atoms with Gasteiger partial charge in [-0.25, -0.2) is 0 Å². The summed E-state index contributed by atoms with van der Waals surface area (Å²) in [5.74, 6) is 2.25. The van der Waals surface area contributed by atoms with Crippen LogP contribution >= 0.6 is 0 Å². The second-order valence-corrected chi connectivity index (χ2v) is 5.18. The fourth-order valence-electron chi connectivity index (χ4n) is 3.17. The molecule has 0 aromatic heterocycles. The Hall–Kier alpha value is -1.31. The van der Waals surface area contributed by atoms with Crippen LogP contribution < -0.4 is 4.84 Å². The van der Waals surface area contributed by atoms with Crippen LogP contribution in [0.2, 0.25) is 0 Å². The van der Waals surface area contributed by atoms with Crippen LogP contribution in [0.4, 0.5) is 0 Å². The third kappa shape index (κ3) is 2.36. The molecule has 2 fully saturated rings. The molecular formula is C15H19NO. The zero-order valence-corrected chi connectivity index (χ0v) is 10.1. The summed E-state index contributed by atoms with van der Waals surface area (Å²) in [6.07, 6.45) is 8.00. The van der Waals surface area contributed by atoms with Gasteiger partial charge in [-0.1, -0.05) is 36.2 Å². The maximum absolute atomic E-state index is 5.57. The molecule has 17 heavy (non-hydrogen) atoms. The van der Waals surface area contributed by atoms with E-state index >= 15 is 0 Å². The average molecular weight is 229 g/mol. The molecule has 2 aliphatic carbocycles. The number of fused-ring (bicyclic) bond motifs is 2. The lowest BCUT2D eigenvalue weighted by molar-refractivity contribution is 0.295. The molecule has 0 saturated heterocycles. The second-order valence-electron chi connectivity index (χ2n) is 5.18. The number of hydrogen-bond donors (Lipinski definition) is 0. The van der Waals surface area contributed by atoms with E-state index < -0.39 is 0 Å². The lowest BCUT2D eigenvalue weighted by Crippen LogP contribution is -2.33. The highest BCUT2D eigenvalue weighted by atomic mass is 16.6. The molecule has 0 N–H and O–H groups in total. The zero-order valence-electron chi connectivity index (χ0n) is 10.1. The van der Waals surface area contributed by atoms with Crippen molar-refractivity contribution in [1.82, 2.24) is 0 Å². The molecule has 90 valence electrons. The first-order valence-corrected chi connectivity index (χ1v) is 6.73. The van der Waals surface area contributed by atoms with Gasteiger partial charge < -0.3 is 4.84 Å². The molecule has 0 aliphatic heterocycles. The van der Waals surface area contributed by atoms with Crippen LogP contribution in [0, 0.1) is 11.8 Å². The van der Waals surface area contributed by atoms with E-state index in [2.05, 4.69) is 5.16 Å². The maximum atomic E-state index is 5.57. The van der Waals surface area contributed by atoms with E-state index in [4.69, 9.17) is 4.84 Å². The summed E-state index contributed by atoms with van der Waals surface area (Å²) in [6, 6.07) is 9.88. The van der Waals surface area contributed by atoms with Gasteiger partial charge in [0.05, 0.1) is 5.71 Å². The van der Waals surface area contributed by atoms with Crippen molar-refractivity contribution in [2.75, 3.05) is 0 Å². The predicted molar refractivity (Wildman–Crippen MR) is 69.2 cm³/mol. The number of rotatable bonds is 2. The summed E-state index contributed by atoms with van der Waals surface area (Å²) in [4.78, 5) is 5.57. The van der Waals surface area contributed by atoms with Crippen LogP contribution in [-0.4, -0.2) is 5.71 Å². The minimum atomic E-state index is 0.700. The molecule has 2 aliphatic rings. The first kappa shape index (κ1) is 10.8. The van der Waals surface area contributed by atoms with E-state index in [1.807, 2.05) is 30.3 Å². The third-order valence-corrected chi connectivity index (χ3v) is 4.05. The lowest BCUT2D eigenvalue weighted by Gasteiger charge is -2.35. The van der Waals surface area contributed by atoms with Crippen molar-refractivity contribution in [3.63, 3.8) is 0 Å². The zero-order chi connectivity index (χ0) is 11.5. The standard InChI is InChI=1S/C15H19NO/c1-2-10-14(11-3-1)17-16-15-12-6-4-7-13(15)9-5-8-12/h1-3,10-13H,4-9H2. The Kier molecular flexibility index (Phi) is 3.12. The Morgan fingerprint density at radius 1 is 0.882 bits per heavy atom. The van der Waals surface area contributed by atoms with Crippen LogP contribution in [0.5, 0.6) is 5.75 Å². The largest absolute Gasteiger partial charge is 0.357 e. The van der Waals surface area contributed by atoms with Crippen molar-refractivity contribution in [2.45, 2.75) is 38.5 Å². The lowest BCUT2D eigenvalue weighted by atomic mass is 9.71. The number of para-hydroxylation sites is 1. The summed E-state index contributed by atoms with van der Waals surface area (Å²) in [5.41, 5.74) is 1.34.